The molecule has 3 aromatic rings. The molecule has 3 rings (SSSR count). The van der Waals surface area contributed by atoms with Crippen LogP contribution in [0.1, 0.15) is 11.5 Å². The molecular weight excluding hydrogens is 449 g/mol. The van der Waals surface area contributed by atoms with Gasteiger partial charge in [-0.15, -0.1) is 11.3 Å². The summed E-state index contributed by atoms with van der Waals surface area (Å²) in [6, 6.07) is 6.85. The molecule has 0 bridgehead atoms. The minimum absolute atomic E-state index is 0.227. The number of thiophene rings is 1. The van der Waals surface area contributed by atoms with Gasteiger partial charge in [0.15, 0.2) is 0 Å². The molecule has 0 saturated carbocycles. The van der Waals surface area contributed by atoms with Gasteiger partial charge >= 0.3 is 0 Å². The lowest BCUT2D eigenvalue weighted by atomic mass is 10.2. The molecule has 2 aromatic heterocycles. The van der Waals surface area contributed by atoms with E-state index < -0.39 is 0 Å². The van der Waals surface area contributed by atoms with E-state index in [-0.39, 0.29) is 5.82 Å². The smallest absolute Gasteiger partial charge is 0.241 e. The molecule has 0 spiro atoms. The number of rotatable bonds is 5. The standard InChI is InChI=1S/C15H12Br2FN3OS/c1-21(6-9-4-10(16)2-3-12(9)18)7-14-19-15(20-22-14)13-5-11(17)8-23-13/h2-5,8H,6-7H2,1H3. The molecule has 0 fully saturated rings. The first-order chi connectivity index (χ1) is 11.0. The molecule has 4 nitrogen and oxygen atoms in total. The van der Waals surface area contributed by atoms with Gasteiger partial charge in [0, 0.05) is 26.4 Å². The van der Waals surface area contributed by atoms with Crippen LogP contribution in [-0.2, 0) is 13.1 Å². The van der Waals surface area contributed by atoms with Gasteiger partial charge in [-0.05, 0) is 47.2 Å². The van der Waals surface area contributed by atoms with Gasteiger partial charge < -0.3 is 4.52 Å². The van der Waals surface area contributed by atoms with Crippen molar-refractivity contribution < 1.29 is 8.91 Å². The molecule has 8 heteroatoms. The zero-order valence-corrected chi connectivity index (χ0v) is 16.1. The summed E-state index contributed by atoms with van der Waals surface area (Å²) >= 11 is 8.30. The van der Waals surface area contributed by atoms with Crippen LogP contribution >= 0.6 is 43.2 Å². The minimum Gasteiger partial charge on any atom is -0.338 e. The van der Waals surface area contributed by atoms with Gasteiger partial charge in [-0.1, -0.05) is 21.1 Å². The van der Waals surface area contributed by atoms with Crippen LogP contribution in [0.3, 0.4) is 0 Å². The highest BCUT2D eigenvalue weighted by molar-refractivity contribution is 9.10. The second-order valence-electron chi connectivity index (χ2n) is 5.05. The highest BCUT2D eigenvalue weighted by Gasteiger charge is 2.13. The van der Waals surface area contributed by atoms with E-state index in [1.54, 1.807) is 23.5 Å². The average Bonchev–Trinajstić information content (AvgIpc) is 3.12. The maximum atomic E-state index is 13.8. The summed E-state index contributed by atoms with van der Waals surface area (Å²) in [5.41, 5.74) is 0.615. The monoisotopic (exact) mass is 459 g/mol. The summed E-state index contributed by atoms with van der Waals surface area (Å²) in [5.74, 6) is 0.842. The van der Waals surface area contributed by atoms with E-state index >= 15 is 0 Å². The molecule has 0 aliphatic heterocycles. The fourth-order valence-electron chi connectivity index (χ4n) is 2.09. The normalized spacial score (nSPS) is 11.3. The number of hydrogen-bond acceptors (Lipinski definition) is 5. The van der Waals surface area contributed by atoms with Gasteiger partial charge in [0.2, 0.25) is 11.7 Å². The third-order valence-electron chi connectivity index (χ3n) is 3.11. The summed E-state index contributed by atoms with van der Waals surface area (Å²) in [4.78, 5) is 7.24. The van der Waals surface area contributed by atoms with Crippen LogP contribution in [-0.4, -0.2) is 22.1 Å². The van der Waals surface area contributed by atoms with Gasteiger partial charge in [0.1, 0.15) is 5.82 Å². The van der Waals surface area contributed by atoms with Gasteiger partial charge in [0.25, 0.3) is 0 Å². The van der Waals surface area contributed by atoms with Gasteiger partial charge in [-0.25, -0.2) is 4.39 Å². The van der Waals surface area contributed by atoms with Crippen LogP contribution in [0.25, 0.3) is 10.7 Å². The first kappa shape index (κ1) is 16.8. The predicted molar refractivity (Wildman–Crippen MR) is 94.6 cm³/mol. The molecule has 120 valence electrons. The first-order valence-corrected chi connectivity index (χ1v) is 9.17. The highest BCUT2D eigenvalue weighted by atomic mass is 79.9. The van der Waals surface area contributed by atoms with E-state index in [9.17, 15) is 4.39 Å². The maximum Gasteiger partial charge on any atom is 0.241 e. The molecule has 0 aliphatic carbocycles. The Labute approximate surface area is 153 Å². The number of nitrogens with zero attached hydrogens (tertiary/aromatic N) is 3. The third-order valence-corrected chi connectivity index (χ3v) is 5.29. The molecule has 1 aromatic carbocycles. The average molecular weight is 461 g/mol. The fraction of sp³-hybridized carbons (Fsp3) is 0.200. The maximum absolute atomic E-state index is 13.8. The largest absolute Gasteiger partial charge is 0.338 e. The molecule has 0 amide bonds. The van der Waals surface area contributed by atoms with E-state index in [2.05, 4.69) is 42.0 Å². The van der Waals surface area contributed by atoms with Crippen molar-refractivity contribution in [2.45, 2.75) is 13.1 Å². The Balaban J connectivity index is 1.67. The van der Waals surface area contributed by atoms with Crippen molar-refractivity contribution in [1.29, 1.82) is 0 Å². The summed E-state index contributed by atoms with van der Waals surface area (Å²) in [6.07, 6.45) is 0. The lowest BCUT2D eigenvalue weighted by molar-refractivity contribution is 0.258. The van der Waals surface area contributed by atoms with Crippen LogP contribution in [0.15, 0.2) is 43.1 Å². The van der Waals surface area contributed by atoms with E-state index in [0.29, 0.717) is 30.4 Å². The minimum atomic E-state index is -0.227. The summed E-state index contributed by atoms with van der Waals surface area (Å²) in [6.45, 7) is 0.902. The zero-order valence-electron chi connectivity index (χ0n) is 12.1. The molecule has 0 radical (unpaired) electrons. The number of hydrogen-bond donors (Lipinski definition) is 0. The van der Waals surface area contributed by atoms with Crippen molar-refractivity contribution in [3.8, 4) is 10.7 Å². The van der Waals surface area contributed by atoms with Crippen LogP contribution in [0.2, 0.25) is 0 Å². The summed E-state index contributed by atoms with van der Waals surface area (Å²) in [7, 11) is 1.88. The Morgan fingerprint density at radius 3 is 2.78 bits per heavy atom. The Morgan fingerprint density at radius 2 is 2.04 bits per heavy atom. The molecule has 0 N–H and O–H groups in total. The third kappa shape index (κ3) is 4.26. The highest BCUT2D eigenvalue weighted by Crippen LogP contribution is 2.27. The van der Waals surface area contributed by atoms with E-state index in [0.717, 1.165) is 13.8 Å². The fourth-order valence-corrected chi connectivity index (χ4v) is 3.85. The SMILES string of the molecule is CN(Cc1nc(-c2cc(Br)cs2)no1)Cc1cc(Br)ccc1F. The Bertz CT molecular complexity index is 821. The van der Waals surface area contributed by atoms with E-state index in [1.807, 2.05) is 23.4 Å². The molecule has 23 heavy (non-hydrogen) atoms. The lowest BCUT2D eigenvalue weighted by Crippen LogP contribution is -2.18. The van der Waals surface area contributed by atoms with Gasteiger partial charge in [-0.2, -0.15) is 4.98 Å². The summed E-state index contributed by atoms with van der Waals surface area (Å²) < 4.78 is 20.9. The van der Waals surface area contributed by atoms with Crippen molar-refractivity contribution in [1.82, 2.24) is 15.0 Å². The molecule has 2 heterocycles. The van der Waals surface area contributed by atoms with Crippen LogP contribution < -0.4 is 0 Å². The van der Waals surface area contributed by atoms with Crippen molar-refractivity contribution in [2.24, 2.45) is 0 Å². The summed E-state index contributed by atoms with van der Waals surface area (Å²) in [5, 5.41) is 5.95. The van der Waals surface area contributed by atoms with Crippen LogP contribution in [0.5, 0.6) is 0 Å². The second-order valence-corrected chi connectivity index (χ2v) is 7.79. The first-order valence-electron chi connectivity index (χ1n) is 6.71. The zero-order chi connectivity index (χ0) is 16.4. The topological polar surface area (TPSA) is 42.2 Å². The number of aromatic nitrogens is 2. The molecule has 0 unspecified atom stereocenters. The molecule has 0 atom stereocenters. The van der Waals surface area contributed by atoms with Crippen molar-refractivity contribution in [3.05, 3.63) is 55.9 Å². The van der Waals surface area contributed by atoms with Gasteiger partial charge in [-0.3, -0.25) is 4.90 Å². The van der Waals surface area contributed by atoms with Crippen molar-refractivity contribution in [2.75, 3.05) is 7.05 Å². The molecule has 0 saturated heterocycles. The predicted octanol–water partition coefficient (Wildman–Crippen LogP) is 5.09. The van der Waals surface area contributed by atoms with E-state index in [4.69, 9.17) is 4.52 Å². The Morgan fingerprint density at radius 1 is 1.22 bits per heavy atom. The second kappa shape index (κ2) is 7.21. The Kier molecular flexibility index (Phi) is 5.25. The Hall–Kier alpha value is -1.09. The van der Waals surface area contributed by atoms with Crippen LogP contribution in [0, 0.1) is 5.82 Å². The van der Waals surface area contributed by atoms with Crippen molar-refractivity contribution in [3.63, 3.8) is 0 Å². The number of benzene rings is 1. The number of halogens is 3. The lowest BCUT2D eigenvalue weighted by Gasteiger charge is -2.14. The van der Waals surface area contributed by atoms with Gasteiger partial charge in [0.05, 0.1) is 11.4 Å². The molecule has 0 aliphatic rings. The van der Waals surface area contributed by atoms with Crippen molar-refractivity contribution >= 4 is 43.2 Å². The van der Waals surface area contributed by atoms with Crippen LogP contribution in [0.4, 0.5) is 4.39 Å². The quantitative estimate of drug-likeness (QED) is 0.531. The molecular formula is C15H12Br2FN3OS. The van der Waals surface area contributed by atoms with E-state index in [1.165, 1.54) is 6.07 Å².